The maximum Gasteiger partial charge on any atom is 0.346 e. The summed E-state index contributed by atoms with van der Waals surface area (Å²) in [5.74, 6) is -4.78. The van der Waals surface area contributed by atoms with Crippen molar-refractivity contribution in [1.82, 2.24) is 0 Å². The normalized spacial score (nSPS) is 10.9. The molecule has 0 unspecified atom stereocenters. The quantitative estimate of drug-likeness (QED) is 0.0540. The minimum atomic E-state index is -1.34. The second-order valence-electron chi connectivity index (χ2n) is 10.2. The highest BCUT2D eigenvalue weighted by molar-refractivity contribution is 5.92. The average molecular weight is 625 g/mol. The van der Waals surface area contributed by atoms with E-state index in [4.69, 9.17) is 30.4 Å². The number of nitrogens with two attached hydrogens (primary N) is 2. The summed E-state index contributed by atoms with van der Waals surface area (Å²) < 4.78 is 49.7. The van der Waals surface area contributed by atoms with E-state index >= 15 is 0 Å². The summed E-state index contributed by atoms with van der Waals surface area (Å²) in [6.07, 6.45) is 8.27. The Hall–Kier alpha value is -4.93. The van der Waals surface area contributed by atoms with Crippen molar-refractivity contribution in [3.05, 3.63) is 89.0 Å². The summed E-state index contributed by atoms with van der Waals surface area (Å²) in [6.45, 7) is 2.76. The van der Waals surface area contributed by atoms with Crippen LogP contribution in [0.5, 0.6) is 11.5 Å². The van der Waals surface area contributed by atoms with Gasteiger partial charge in [0.1, 0.15) is 5.75 Å². The van der Waals surface area contributed by atoms with Crippen molar-refractivity contribution in [1.29, 1.82) is 0 Å². The molecule has 0 fully saturated rings. The number of hydrogen-bond donors (Lipinski definition) is 2. The van der Waals surface area contributed by atoms with E-state index in [1.165, 1.54) is 42.5 Å². The van der Waals surface area contributed by atoms with Crippen LogP contribution in [0.2, 0.25) is 0 Å². The van der Waals surface area contributed by atoms with Gasteiger partial charge in [-0.1, -0.05) is 31.9 Å². The summed E-state index contributed by atoms with van der Waals surface area (Å²) >= 11 is 0. The molecule has 0 spiro atoms. The van der Waals surface area contributed by atoms with Gasteiger partial charge < -0.3 is 30.4 Å². The molecule has 0 aromatic heterocycles. The zero-order chi connectivity index (χ0) is 32.6. The molecule has 0 saturated carbocycles. The van der Waals surface area contributed by atoms with E-state index in [2.05, 4.69) is 0 Å². The number of carbonyl (C=O) groups excluding carboxylic acids is 3. The molecule has 11 heteroatoms. The standard InChI is InChI=1S/C34H38F2N2O7/c1-2-3-6-17-42-29-15-14-28(31(35)32(29)36)34(41)45-27-12-9-23(10-13-27)11-16-30(39)43-18-7-4-5-8-19-44-33(40)24-20-25(37)22-26(38)21-24/h9-16,20-22H,2-8,17-19,37-38H2,1H3/b16-11+. The molecule has 240 valence electrons. The number of rotatable bonds is 17. The van der Waals surface area contributed by atoms with Crippen LogP contribution in [0.25, 0.3) is 6.08 Å². The molecule has 0 saturated heterocycles. The van der Waals surface area contributed by atoms with Crippen LogP contribution in [0.4, 0.5) is 20.2 Å². The number of unbranched alkanes of at least 4 members (excludes halogenated alkanes) is 5. The van der Waals surface area contributed by atoms with E-state index in [0.717, 1.165) is 31.7 Å². The van der Waals surface area contributed by atoms with E-state index < -0.39 is 35.1 Å². The first-order chi connectivity index (χ1) is 21.7. The highest BCUT2D eigenvalue weighted by atomic mass is 19.2. The molecule has 0 amide bonds. The molecular formula is C34H38F2N2O7. The Morgan fingerprint density at radius 3 is 2.04 bits per heavy atom. The molecule has 0 aliphatic rings. The third kappa shape index (κ3) is 11.6. The first-order valence-electron chi connectivity index (χ1n) is 14.8. The second kappa shape index (κ2) is 18.0. The van der Waals surface area contributed by atoms with Crippen molar-refractivity contribution in [3.63, 3.8) is 0 Å². The minimum absolute atomic E-state index is 0.114. The topological polar surface area (TPSA) is 140 Å². The molecule has 0 aliphatic heterocycles. The molecule has 0 radical (unpaired) electrons. The number of carbonyl (C=O) groups is 3. The highest BCUT2D eigenvalue weighted by Crippen LogP contribution is 2.25. The van der Waals surface area contributed by atoms with Crippen LogP contribution in [-0.4, -0.2) is 37.7 Å². The molecule has 0 heterocycles. The molecule has 0 atom stereocenters. The fourth-order valence-corrected chi connectivity index (χ4v) is 4.13. The van der Waals surface area contributed by atoms with Gasteiger partial charge in [-0.25, -0.2) is 18.8 Å². The lowest BCUT2D eigenvalue weighted by molar-refractivity contribution is -0.137. The van der Waals surface area contributed by atoms with Gasteiger partial charge in [-0.15, -0.1) is 0 Å². The second-order valence-corrected chi connectivity index (χ2v) is 10.2. The summed E-state index contributed by atoms with van der Waals surface area (Å²) in [5.41, 5.74) is 12.5. The minimum Gasteiger partial charge on any atom is -0.490 e. The van der Waals surface area contributed by atoms with Gasteiger partial charge in [-0.05, 0) is 86.2 Å². The summed E-state index contributed by atoms with van der Waals surface area (Å²) in [7, 11) is 0. The van der Waals surface area contributed by atoms with E-state index in [0.29, 0.717) is 41.8 Å². The number of anilines is 2. The zero-order valence-corrected chi connectivity index (χ0v) is 25.2. The number of ether oxygens (including phenoxy) is 4. The SMILES string of the molecule is CCCCCOc1ccc(C(=O)Oc2ccc(/C=C/C(=O)OCCCCCCOC(=O)c3cc(N)cc(N)c3)cc2)c(F)c1F. The molecule has 3 aromatic carbocycles. The van der Waals surface area contributed by atoms with E-state index in [-0.39, 0.29) is 31.3 Å². The highest BCUT2D eigenvalue weighted by Gasteiger charge is 2.21. The molecule has 0 aliphatic carbocycles. The Kier molecular flexibility index (Phi) is 13.8. The van der Waals surface area contributed by atoms with Gasteiger partial charge in [-0.3, -0.25) is 0 Å². The van der Waals surface area contributed by atoms with Crippen LogP contribution >= 0.6 is 0 Å². The lowest BCUT2D eigenvalue weighted by Gasteiger charge is -2.10. The molecule has 4 N–H and O–H groups in total. The van der Waals surface area contributed by atoms with Crippen molar-refractivity contribution >= 4 is 35.4 Å². The van der Waals surface area contributed by atoms with Crippen molar-refractivity contribution in [2.75, 3.05) is 31.3 Å². The van der Waals surface area contributed by atoms with Crippen LogP contribution in [0.3, 0.4) is 0 Å². The number of hydrogen-bond acceptors (Lipinski definition) is 9. The van der Waals surface area contributed by atoms with Gasteiger partial charge in [0.05, 0.1) is 30.9 Å². The molecule has 0 bridgehead atoms. The lowest BCUT2D eigenvalue weighted by Crippen LogP contribution is -2.12. The van der Waals surface area contributed by atoms with Crippen molar-refractivity contribution in [2.45, 2.75) is 51.9 Å². The van der Waals surface area contributed by atoms with Crippen LogP contribution in [-0.2, 0) is 14.3 Å². The Balaban J connectivity index is 1.33. The molecule has 3 rings (SSSR count). The van der Waals surface area contributed by atoms with Crippen LogP contribution in [0.15, 0.2) is 60.7 Å². The molecule has 45 heavy (non-hydrogen) atoms. The maximum atomic E-state index is 14.5. The van der Waals surface area contributed by atoms with Crippen LogP contribution in [0.1, 0.15) is 78.1 Å². The number of halogens is 2. The lowest BCUT2D eigenvalue weighted by atomic mass is 10.2. The van der Waals surface area contributed by atoms with Gasteiger partial charge in [-0.2, -0.15) is 4.39 Å². The predicted octanol–water partition coefficient (Wildman–Crippen LogP) is 6.89. The molecular weight excluding hydrogens is 586 g/mol. The van der Waals surface area contributed by atoms with Gasteiger partial charge >= 0.3 is 17.9 Å². The summed E-state index contributed by atoms with van der Waals surface area (Å²) in [4.78, 5) is 36.5. The predicted molar refractivity (Wildman–Crippen MR) is 167 cm³/mol. The van der Waals surface area contributed by atoms with Gasteiger partial charge in [0, 0.05) is 17.5 Å². The Morgan fingerprint density at radius 2 is 1.38 bits per heavy atom. The van der Waals surface area contributed by atoms with Crippen molar-refractivity contribution < 1.29 is 42.1 Å². The summed E-state index contributed by atoms with van der Waals surface area (Å²) in [6, 6.07) is 13.0. The first kappa shape index (κ1) is 34.6. The van der Waals surface area contributed by atoms with Crippen LogP contribution in [0, 0.1) is 11.6 Å². The summed E-state index contributed by atoms with van der Waals surface area (Å²) in [5, 5.41) is 0. The van der Waals surface area contributed by atoms with E-state index in [1.807, 2.05) is 6.92 Å². The smallest absolute Gasteiger partial charge is 0.346 e. The monoisotopic (exact) mass is 624 g/mol. The fourth-order valence-electron chi connectivity index (χ4n) is 4.13. The third-order valence-corrected chi connectivity index (χ3v) is 6.50. The Morgan fingerprint density at radius 1 is 0.733 bits per heavy atom. The van der Waals surface area contributed by atoms with Crippen molar-refractivity contribution in [2.24, 2.45) is 0 Å². The Bertz CT molecular complexity index is 1460. The van der Waals surface area contributed by atoms with E-state index in [1.54, 1.807) is 18.2 Å². The Labute approximate surface area is 261 Å². The van der Waals surface area contributed by atoms with Crippen molar-refractivity contribution in [3.8, 4) is 11.5 Å². The van der Waals surface area contributed by atoms with Gasteiger partial charge in [0.15, 0.2) is 11.6 Å². The molecule has 3 aromatic rings. The van der Waals surface area contributed by atoms with Gasteiger partial charge in [0.25, 0.3) is 0 Å². The maximum absolute atomic E-state index is 14.5. The number of nitrogen functional groups attached to an aromatic ring is 2. The third-order valence-electron chi connectivity index (χ3n) is 6.50. The fraction of sp³-hybridized carbons (Fsp3) is 0.324. The van der Waals surface area contributed by atoms with Crippen LogP contribution < -0.4 is 20.9 Å². The number of benzene rings is 3. The average Bonchev–Trinajstić information content (AvgIpc) is 3.01. The molecule has 9 nitrogen and oxygen atoms in total. The first-order valence-corrected chi connectivity index (χ1v) is 14.8. The van der Waals surface area contributed by atoms with E-state index in [9.17, 15) is 23.2 Å². The largest absolute Gasteiger partial charge is 0.490 e. The zero-order valence-electron chi connectivity index (χ0n) is 25.2. The van der Waals surface area contributed by atoms with Gasteiger partial charge in [0.2, 0.25) is 5.82 Å². The number of esters is 3.